The van der Waals surface area contributed by atoms with Gasteiger partial charge in [0.2, 0.25) is 0 Å². The number of carbonyl (C=O) groups excluding carboxylic acids is 1. The Kier molecular flexibility index (Phi) is 7.18. The van der Waals surface area contributed by atoms with Crippen LogP contribution in [0.5, 0.6) is 11.5 Å². The predicted octanol–water partition coefficient (Wildman–Crippen LogP) is 5.64. The van der Waals surface area contributed by atoms with E-state index in [1.54, 1.807) is 29.2 Å². The number of nitrogens with two attached hydrogens (primary N) is 1. The summed E-state index contributed by atoms with van der Waals surface area (Å²) >= 11 is 0. The van der Waals surface area contributed by atoms with Crippen molar-refractivity contribution in [3.63, 3.8) is 0 Å². The average molecular weight is 517 g/mol. The van der Waals surface area contributed by atoms with Crippen molar-refractivity contribution in [1.82, 2.24) is 0 Å². The highest BCUT2D eigenvalue weighted by molar-refractivity contribution is 6.02. The van der Waals surface area contributed by atoms with E-state index in [0.29, 0.717) is 53.7 Å². The smallest absolute Gasteiger partial charge is 0.271 e. The van der Waals surface area contributed by atoms with Gasteiger partial charge in [-0.1, -0.05) is 19.9 Å². The summed E-state index contributed by atoms with van der Waals surface area (Å²) in [6.45, 7) is 10.4. The Hall–Kier alpha value is -4.32. The molecule has 1 heterocycles. The molecule has 1 unspecified atom stereocenters. The van der Waals surface area contributed by atoms with Crippen molar-refractivity contribution in [2.45, 2.75) is 53.4 Å². The number of benzene rings is 2. The molecule has 0 saturated carbocycles. The number of rotatable bonds is 7. The number of nitriles is 1. The molecule has 198 valence electrons. The van der Waals surface area contributed by atoms with E-state index in [2.05, 4.69) is 6.07 Å². The second kappa shape index (κ2) is 10.2. The van der Waals surface area contributed by atoms with Crippen LogP contribution in [-0.4, -0.2) is 23.9 Å². The molecule has 1 atom stereocenters. The number of nitrogens with zero attached hydrogens (tertiary/aromatic N) is 3. The number of allylic oxidation sites excluding steroid dienone is 3. The van der Waals surface area contributed by atoms with Gasteiger partial charge in [-0.15, -0.1) is 0 Å². The topological polar surface area (TPSA) is 132 Å². The third-order valence-corrected chi connectivity index (χ3v) is 6.93. The van der Waals surface area contributed by atoms with Gasteiger partial charge in [-0.3, -0.25) is 19.8 Å². The minimum atomic E-state index is -0.768. The second-order valence-electron chi connectivity index (χ2n) is 10.3. The van der Waals surface area contributed by atoms with E-state index in [1.807, 2.05) is 34.6 Å². The largest absolute Gasteiger partial charge is 0.494 e. The molecule has 9 heteroatoms. The number of anilines is 1. The molecular weight excluding hydrogens is 484 g/mol. The summed E-state index contributed by atoms with van der Waals surface area (Å²) < 4.78 is 11.7. The van der Waals surface area contributed by atoms with Crippen LogP contribution in [0.2, 0.25) is 0 Å². The fourth-order valence-corrected chi connectivity index (χ4v) is 5.34. The Balaban J connectivity index is 2.06. The molecule has 4 rings (SSSR count). The maximum atomic E-state index is 13.9. The predicted molar refractivity (Wildman–Crippen MR) is 144 cm³/mol. The van der Waals surface area contributed by atoms with Crippen LogP contribution in [-0.2, 0) is 4.79 Å². The number of aryl methyl sites for hydroxylation is 1. The van der Waals surface area contributed by atoms with E-state index < -0.39 is 10.8 Å². The summed E-state index contributed by atoms with van der Waals surface area (Å²) in [5, 5.41) is 22.0. The molecule has 1 aliphatic carbocycles. The highest BCUT2D eigenvalue weighted by Crippen LogP contribution is 2.52. The van der Waals surface area contributed by atoms with Crippen molar-refractivity contribution in [3.8, 4) is 17.6 Å². The molecule has 2 aromatic carbocycles. The minimum absolute atomic E-state index is 0.0983. The van der Waals surface area contributed by atoms with Gasteiger partial charge in [0.25, 0.3) is 5.69 Å². The highest BCUT2D eigenvalue weighted by atomic mass is 16.6. The maximum absolute atomic E-state index is 13.9. The number of hydrogen-bond donors (Lipinski definition) is 1. The van der Waals surface area contributed by atoms with Crippen LogP contribution in [0, 0.1) is 33.8 Å². The van der Waals surface area contributed by atoms with E-state index in [-0.39, 0.29) is 34.7 Å². The standard InChI is InChI=1S/C29H32N4O5/c1-6-37-19-10-11-25(38-7-2)20(13-19)26-21(16-30)28(31)32(22-12-18(33(35)36)9-8-17(22)3)23-14-29(4,5)15-24(34)27(23)26/h8-13,26H,6-7,14-15,31H2,1-5H3. The molecule has 2 aliphatic rings. The van der Waals surface area contributed by atoms with Gasteiger partial charge in [0.15, 0.2) is 5.78 Å². The quantitative estimate of drug-likeness (QED) is 0.369. The van der Waals surface area contributed by atoms with Crippen LogP contribution in [0.4, 0.5) is 11.4 Å². The summed E-state index contributed by atoms with van der Waals surface area (Å²) in [5.41, 5.74) is 9.34. The van der Waals surface area contributed by atoms with E-state index in [1.165, 1.54) is 12.1 Å². The molecule has 0 amide bonds. The number of hydrogen-bond acceptors (Lipinski definition) is 8. The van der Waals surface area contributed by atoms with E-state index in [4.69, 9.17) is 15.2 Å². The zero-order valence-corrected chi connectivity index (χ0v) is 22.3. The molecule has 2 aromatic rings. The third-order valence-electron chi connectivity index (χ3n) is 6.93. The summed E-state index contributed by atoms with van der Waals surface area (Å²) in [6, 6.07) is 12.1. The fraction of sp³-hybridized carbons (Fsp3) is 0.379. The van der Waals surface area contributed by atoms with Gasteiger partial charge in [0, 0.05) is 35.4 Å². The zero-order valence-electron chi connectivity index (χ0n) is 22.3. The first-order chi connectivity index (χ1) is 18.0. The first-order valence-electron chi connectivity index (χ1n) is 12.6. The fourth-order valence-electron chi connectivity index (χ4n) is 5.34. The van der Waals surface area contributed by atoms with Crippen LogP contribution in [0.15, 0.2) is 59.1 Å². The Labute approximate surface area is 222 Å². The van der Waals surface area contributed by atoms with Crippen LogP contribution >= 0.6 is 0 Å². The molecule has 38 heavy (non-hydrogen) atoms. The van der Waals surface area contributed by atoms with E-state index in [0.717, 1.165) is 5.56 Å². The minimum Gasteiger partial charge on any atom is -0.494 e. The molecule has 0 fully saturated rings. The summed E-state index contributed by atoms with van der Waals surface area (Å²) in [5.74, 6) is 0.389. The van der Waals surface area contributed by atoms with Gasteiger partial charge >= 0.3 is 0 Å². The number of non-ortho nitro benzene ring substituents is 1. The lowest BCUT2D eigenvalue weighted by Gasteiger charge is -2.44. The monoisotopic (exact) mass is 516 g/mol. The number of nitro groups is 1. The van der Waals surface area contributed by atoms with Crippen molar-refractivity contribution in [3.05, 3.63) is 80.3 Å². The van der Waals surface area contributed by atoms with Crippen molar-refractivity contribution in [1.29, 1.82) is 5.26 Å². The average Bonchev–Trinajstić information content (AvgIpc) is 2.84. The molecule has 0 aromatic heterocycles. The Morgan fingerprint density at radius 2 is 1.87 bits per heavy atom. The summed E-state index contributed by atoms with van der Waals surface area (Å²) in [4.78, 5) is 26.7. The normalized spacial score (nSPS) is 18.7. The lowest BCUT2D eigenvalue weighted by molar-refractivity contribution is -0.384. The molecule has 0 saturated heterocycles. The van der Waals surface area contributed by atoms with Gasteiger partial charge in [0.05, 0.1) is 41.4 Å². The SMILES string of the molecule is CCOc1ccc(OCC)c(C2C(C#N)=C(N)N(c3cc([N+](=O)[O-])ccc3C)C3=C2C(=O)CC(C)(C)C3)c1. The number of ketones is 1. The number of nitro benzene ring substituents is 1. The molecular formula is C29H32N4O5. The van der Waals surface area contributed by atoms with Gasteiger partial charge in [-0.05, 0) is 56.4 Å². The van der Waals surface area contributed by atoms with Gasteiger partial charge in [0.1, 0.15) is 17.3 Å². The Bertz CT molecular complexity index is 1420. The summed E-state index contributed by atoms with van der Waals surface area (Å²) in [6.07, 6.45) is 0.777. The van der Waals surface area contributed by atoms with Crippen molar-refractivity contribution in [2.24, 2.45) is 11.1 Å². The lowest BCUT2D eigenvalue weighted by Crippen LogP contribution is -2.42. The molecule has 1 aliphatic heterocycles. The van der Waals surface area contributed by atoms with Gasteiger partial charge in [-0.25, -0.2) is 0 Å². The Morgan fingerprint density at radius 1 is 1.16 bits per heavy atom. The maximum Gasteiger partial charge on any atom is 0.271 e. The third kappa shape index (κ3) is 4.70. The van der Waals surface area contributed by atoms with Crippen LogP contribution in [0.3, 0.4) is 0 Å². The Morgan fingerprint density at radius 3 is 2.50 bits per heavy atom. The second-order valence-corrected chi connectivity index (χ2v) is 10.3. The highest BCUT2D eigenvalue weighted by Gasteiger charge is 2.46. The van der Waals surface area contributed by atoms with Crippen molar-refractivity contribution >= 4 is 17.2 Å². The lowest BCUT2D eigenvalue weighted by atomic mass is 9.68. The molecule has 2 N–H and O–H groups in total. The summed E-state index contributed by atoms with van der Waals surface area (Å²) in [7, 11) is 0. The van der Waals surface area contributed by atoms with Crippen molar-refractivity contribution < 1.29 is 19.2 Å². The van der Waals surface area contributed by atoms with Gasteiger partial charge < -0.3 is 15.2 Å². The number of ether oxygens (including phenoxy) is 2. The van der Waals surface area contributed by atoms with E-state index in [9.17, 15) is 20.2 Å². The van der Waals surface area contributed by atoms with Crippen LogP contribution < -0.4 is 20.1 Å². The molecule has 9 nitrogen and oxygen atoms in total. The van der Waals surface area contributed by atoms with Gasteiger partial charge in [-0.2, -0.15) is 5.26 Å². The number of Topliss-reactive ketones (excluding diaryl/α,β-unsaturated/α-hetero) is 1. The number of carbonyl (C=O) groups is 1. The molecule has 0 radical (unpaired) electrons. The molecule has 0 spiro atoms. The first-order valence-corrected chi connectivity index (χ1v) is 12.6. The molecule has 0 bridgehead atoms. The zero-order chi connectivity index (χ0) is 27.8. The first kappa shape index (κ1) is 26.7. The van der Waals surface area contributed by atoms with Crippen LogP contribution in [0.1, 0.15) is 57.6 Å². The van der Waals surface area contributed by atoms with Crippen molar-refractivity contribution in [2.75, 3.05) is 18.1 Å². The van der Waals surface area contributed by atoms with E-state index >= 15 is 0 Å². The van der Waals surface area contributed by atoms with Crippen LogP contribution in [0.25, 0.3) is 0 Å².